The van der Waals surface area contributed by atoms with Crippen LogP contribution in [0.2, 0.25) is 5.02 Å². The molecule has 0 aromatic heterocycles. The van der Waals surface area contributed by atoms with E-state index >= 15 is 0 Å². The van der Waals surface area contributed by atoms with Crippen LogP contribution < -0.4 is 10.0 Å². The van der Waals surface area contributed by atoms with E-state index in [1.165, 1.54) is 0 Å². The Bertz CT molecular complexity index is 1040. The summed E-state index contributed by atoms with van der Waals surface area (Å²) in [5.74, 6) is -1.63. The molecule has 0 unspecified atom stereocenters. The summed E-state index contributed by atoms with van der Waals surface area (Å²) in [6, 6.07) is 5.23. The monoisotopic (exact) mass is 436 g/mol. The number of hydrogen-bond donors (Lipinski definition) is 2. The van der Waals surface area contributed by atoms with Crippen LogP contribution in [0.5, 0.6) is 0 Å². The van der Waals surface area contributed by atoms with Gasteiger partial charge in [0.05, 0.1) is 32.8 Å². The highest BCUT2D eigenvalue weighted by Crippen LogP contribution is 2.34. The third kappa shape index (κ3) is 4.56. The van der Waals surface area contributed by atoms with Crippen LogP contribution in [0.15, 0.2) is 36.4 Å². The number of anilines is 2. The molecule has 0 heterocycles. The minimum Gasteiger partial charge on any atom is -0.321 e. The average Bonchev–Trinajstić information content (AvgIpc) is 3.41. The Labute approximate surface area is 162 Å². The van der Waals surface area contributed by atoms with Crippen LogP contribution in [0.3, 0.4) is 0 Å². The number of rotatable bonds is 5. The zero-order chi connectivity index (χ0) is 20.7. The summed E-state index contributed by atoms with van der Waals surface area (Å²) in [4.78, 5) is 12.5. The molecule has 11 heteroatoms. The number of carbonyl (C=O) groups excluding carboxylic acids is 1. The van der Waals surface area contributed by atoms with Gasteiger partial charge in [0.15, 0.2) is 0 Å². The normalized spacial score (nSPS) is 14.6. The van der Waals surface area contributed by atoms with Gasteiger partial charge < -0.3 is 5.32 Å². The van der Waals surface area contributed by atoms with Crippen molar-refractivity contribution in [3.05, 3.63) is 58.4 Å². The number of benzene rings is 2. The fraction of sp³-hybridized carbons (Fsp3) is 0.235. The van der Waals surface area contributed by atoms with Gasteiger partial charge in [-0.2, -0.15) is 13.2 Å². The molecule has 2 aromatic carbocycles. The van der Waals surface area contributed by atoms with E-state index in [-0.39, 0.29) is 22.0 Å². The van der Waals surface area contributed by atoms with E-state index in [2.05, 4.69) is 10.0 Å². The second-order valence-electron chi connectivity index (χ2n) is 6.18. The van der Waals surface area contributed by atoms with Gasteiger partial charge in [-0.1, -0.05) is 11.6 Å². The molecule has 2 aromatic rings. The second-order valence-corrected chi connectivity index (χ2v) is 8.55. The molecule has 1 aliphatic carbocycles. The molecule has 0 radical (unpaired) electrons. The molecular formula is C17H13ClF4N2O3S. The third-order valence-electron chi connectivity index (χ3n) is 3.99. The van der Waals surface area contributed by atoms with Crippen LogP contribution in [-0.4, -0.2) is 19.6 Å². The van der Waals surface area contributed by atoms with Crippen LogP contribution in [0.1, 0.15) is 28.8 Å². The SMILES string of the molecule is O=C(Nc1ccc(C(F)(F)F)cc1Cl)c1ccc(F)cc1NS(=O)(=O)C1CC1. The first-order chi connectivity index (χ1) is 13.0. The number of halogens is 5. The number of amides is 1. The van der Waals surface area contributed by atoms with Crippen molar-refractivity contribution in [2.24, 2.45) is 0 Å². The topological polar surface area (TPSA) is 75.3 Å². The van der Waals surface area contributed by atoms with Crippen LogP contribution >= 0.6 is 11.6 Å². The van der Waals surface area contributed by atoms with Crippen LogP contribution in [0.4, 0.5) is 28.9 Å². The van der Waals surface area contributed by atoms with Crippen molar-refractivity contribution in [3.63, 3.8) is 0 Å². The molecule has 2 N–H and O–H groups in total. The maximum absolute atomic E-state index is 13.6. The summed E-state index contributed by atoms with van der Waals surface area (Å²) in [6.07, 6.45) is -3.67. The van der Waals surface area contributed by atoms with Crippen molar-refractivity contribution in [2.75, 3.05) is 10.0 Å². The van der Waals surface area contributed by atoms with Gasteiger partial charge in [-0.15, -0.1) is 0 Å². The zero-order valence-electron chi connectivity index (χ0n) is 14.0. The van der Waals surface area contributed by atoms with E-state index in [0.29, 0.717) is 18.9 Å². The lowest BCUT2D eigenvalue weighted by Gasteiger charge is -2.14. The molecular weight excluding hydrogens is 424 g/mol. The molecule has 0 spiro atoms. The third-order valence-corrected chi connectivity index (χ3v) is 6.15. The van der Waals surface area contributed by atoms with Crippen molar-refractivity contribution in [2.45, 2.75) is 24.3 Å². The molecule has 1 amide bonds. The van der Waals surface area contributed by atoms with Gasteiger partial charge in [-0.05, 0) is 49.2 Å². The van der Waals surface area contributed by atoms with E-state index in [1.54, 1.807) is 0 Å². The standard InChI is InChI=1S/C17H13ClF4N2O3S/c18-13-7-9(17(20,21)22)1-6-14(13)23-16(25)12-5-2-10(19)8-15(12)24-28(26,27)11-3-4-11/h1-2,5-8,11,24H,3-4H2,(H,23,25). The molecule has 0 saturated heterocycles. The first-order valence-corrected chi connectivity index (χ1v) is 9.89. The highest BCUT2D eigenvalue weighted by Gasteiger charge is 2.36. The average molecular weight is 437 g/mol. The van der Waals surface area contributed by atoms with E-state index in [0.717, 1.165) is 30.3 Å². The van der Waals surface area contributed by atoms with Crippen LogP contribution in [0, 0.1) is 5.82 Å². The summed E-state index contributed by atoms with van der Waals surface area (Å²) in [5, 5.41) is 1.34. The summed E-state index contributed by atoms with van der Waals surface area (Å²) in [6.45, 7) is 0. The lowest BCUT2D eigenvalue weighted by atomic mass is 10.1. The Morgan fingerprint density at radius 3 is 2.32 bits per heavy atom. The summed E-state index contributed by atoms with van der Waals surface area (Å²) < 4.78 is 78.0. The molecule has 28 heavy (non-hydrogen) atoms. The van der Waals surface area contributed by atoms with E-state index in [9.17, 15) is 30.8 Å². The maximum Gasteiger partial charge on any atom is 0.416 e. The quantitative estimate of drug-likeness (QED) is 0.670. The highest BCUT2D eigenvalue weighted by molar-refractivity contribution is 7.93. The Morgan fingerprint density at radius 1 is 1.07 bits per heavy atom. The lowest BCUT2D eigenvalue weighted by Crippen LogP contribution is -2.21. The molecule has 150 valence electrons. The van der Waals surface area contributed by atoms with Crippen molar-refractivity contribution in [3.8, 4) is 0 Å². The Balaban J connectivity index is 1.87. The largest absolute Gasteiger partial charge is 0.416 e. The minimum absolute atomic E-state index is 0.111. The van der Waals surface area contributed by atoms with Crippen molar-refractivity contribution >= 4 is 38.9 Å². The maximum atomic E-state index is 13.6. The molecule has 0 atom stereocenters. The van der Waals surface area contributed by atoms with Crippen molar-refractivity contribution < 1.29 is 30.8 Å². The van der Waals surface area contributed by atoms with Crippen LogP contribution in [-0.2, 0) is 16.2 Å². The number of nitrogens with one attached hydrogen (secondary N) is 2. The number of alkyl halides is 3. The smallest absolute Gasteiger partial charge is 0.321 e. The highest BCUT2D eigenvalue weighted by atomic mass is 35.5. The van der Waals surface area contributed by atoms with E-state index < -0.39 is 38.7 Å². The second kappa shape index (κ2) is 7.25. The molecule has 5 nitrogen and oxygen atoms in total. The summed E-state index contributed by atoms with van der Waals surface area (Å²) >= 11 is 5.80. The van der Waals surface area contributed by atoms with E-state index in [1.807, 2.05) is 0 Å². The molecule has 0 bridgehead atoms. The number of sulfonamides is 1. The molecule has 1 fully saturated rings. The number of carbonyl (C=O) groups is 1. The fourth-order valence-corrected chi connectivity index (χ4v) is 4.02. The van der Waals surface area contributed by atoms with Gasteiger partial charge >= 0.3 is 6.18 Å². The Hall–Kier alpha value is -2.33. The predicted octanol–water partition coefficient (Wildman–Crippen LogP) is 4.65. The lowest BCUT2D eigenvalue weighted by molar-refractivity contribution is -0.137. The molecule has 1 aliphatic rings. The summed E-state index contributed by atoms with van der Waals surface area (Å²) in [5.41, 5.74) is -1.58. The minimum atomic E-state index is -4.60. The van der Waals surface area contributed by atoms with Gasteiger partial charge in [-0.25, -0.2) is 12.8 Å². The van der Waals surface area contributed by atoms with E-state index in [4.69, 9.17) is 11.6 Å². The van der Waals surface area contributed by atoms with Gasteiger partial charge in [-0.3, -0.25) is 9.52 Å². The fourth-order valence-electron chi connectivity index (χ4n) is 2.40. The first kappa shape index (κ1) is 20.4. The van der Waals surface area contributed by atoms with Gasteiger partial charge in [0.2, 0.25) is 10.0 Å². The van der Waals surface area contributed by atoms with Gasteiger partial charge in [0.1, 0.15) is 5.82 Å². The van der Waals surface area contributed by atoms with Gasteiger partial charge in [0, 0.05) is 0 Å². The Morgan fingerprint density at radius 2 is 1.75 bits per heavy atom. The molecule has 3 rings (SSSR count). The first-order valence-electron chi connectivity index (χ1n) is 7.96. The van der Waals surface area contributed by atoms with Crippen molar-refractivity contribution in [1.82, 2.24) is 0 Å². The number of hydrogen-bond acceptors (Lipinski definition) is 3. The van der Waals surface area contributed by atoms with Gasteiger partial charge in [0.25, 0.3) is 5.91 Å². The summed E-state index contributed by atoms with van der Waals surface area (Å²) in [7, 11) is -3.76. The predicted molar refractivity (Wildman–Crippen MR) is 96.4 cm³/mol. The van der Waals surface area contributed by atoms with Crippen molar-refractivity contribution in [1.29, 1.82) is 0 Å². The molecule has 0 aliphatic heterocycles. The zero-order valence-corrected chi connectivity index (χ0v) is 15.6. The molecule has 1 saturated carbocycles. The Kier molecular flexibility index (Phi) is 5.28. The van der Waals surface area contributed by atoms with Crippen LogP contribution in [0.25, 0.3) is 0 Å².